The summed E-state index contributed by atoms with van der Waals surface area (Å²) in [7, 11) is 0. The van der Waals surface area contributed by atoms with Crippen LogP contribution in [0.15, 0.2) is 0 Å². The van der Waals surface area contributed by atoms with Gasteiger partial charge >= 0.3 is 0 Å². The Morgan fingerprint density at radius 2 is 1.60 bits per heavy atom. The predicted octanol–water partition coefficient (Wildman–Crippen LogP) is 5.79. The topological polar surface area (TPSA) is 12.0 Å². The quantitative estimate of drug-likeness (QED) is 0.395. The molecule has 0 radical (unpaired) electrons. The van der Waals surface area contributed by atoms with Crippen molar-refractivity contribution in [1.82, 2.24) is 5.32 Å². The van der Waals surface area contributed by atoms with Gasteiger partial charge in [0.1, 0.15) is 0 Å². The van der Waals surface area contributed by atoms with E-state index in [2.05, 4.69) is 26.1 Å². The predicted molar refractivity (Wildman–Crippen MR) is 91.1 cm³/mol. The second-order valence-electron chi connectivity index (χ2n) is 7.41. The lowest BCUT2D eigenvalue weighted by molar-refractivity contribution is 0.272. The Labute approximate surface area is 128 Å². The minimum atomic E-state index is 0.785. The minimum absolute atomic E-state index is 0.785. The highest BCUT2D eigenvalue weighted by Crippen LogP contribution is 2.32. The van der Waals surface area contributed by atoms with Crippen LogP contribution in [-0.4, -0.2) is 13.1 Å². The van der Waals surface area contributed by atoms with Crippen LogP contribution < -0.4 is 5.32 Å². The average molecular weight is 282 g/mol. The van der Waals surface area contributed by atoms with Gasteiger partial charge in [0.05, 0.1) is 0 Å². The fourth-order valence-electron chi connectivity index (χ4n) is 3.68. The van der Waals surface area contributed by atoms with Gasteiger partial charge in [-0.3, -0.25) is 0 Å². The summed E-state index contributed by atoms with van der Waals surface area (Å²) >= 11 is 0. The molecule has 1 aliphatic rings. The second-order valence-corrected chi connectivity index (χ2v) is 7.41. The lowest BCUT2D eigenvalue weighted by Gasteiger charge is -2.26. The first-order chi connectivity index (χ1) is 9.74. The number of unbranched alkanes of at least 4 members (excludes halogenated alkanes) is 4. The molecule has 1 fully saturated rings. The summed E-state index contributed by atoms with van der Waals surface area (Å²) in [6.45, 7) is 9.40. The fourth-order valence-corrected chi connectivity index (χ4v) is 3.68. The number of hydrogen-bond donors (Lipinski definition) is 1. The van der Waals surface area contributed by atoms with Gasteiger partial charge in [0.25, 0.3) is 0 Å². The molecule has 1 saturated carbocycles. The highest BCUT2D eigenvalue weighted by molar-refractivity contribution is 4.76. The number of nitrogens with one attached hydrogen (secondary N) is 1. The molecule has 0 bridgehead atoms. The first-order valence-electron chi connectivity index (χ1n) is 9.44. The molecule has 2 unspecified atom stereocenters. The molecule has 0 saturated heterocycles. The lowest BCUT2D eigenvalue weighted by Crippen LogP contribution is -2.30. The van der Waals surface area contributed by atoms with E-state index in [1.165, 1.54) is 83.7 Å². The Hall–Kier alpha value is -0.0400. The van der Waals surface area contributed by atoms with Gasteiger partial charge in [-0.25, -0.2) is 0 Å². The third kappa shape index (κ3) is 8.29. The van der Waals surface area contributed by atoms with Crippen molar-refractivity contribution in [1.29, 1.82) is 0 Å². The molecule has 20 heavy (non-hydrogen) atoms. The lowest BCUT2D eigenvalue weighted by atomic mass is 9.83. The zero-order chi connectivity index (χ0) is 14.6. The van der Waals surface area contributed by atoms with Gasteiger partial charge in [-0.15, -0.1) is 0 Å². The molecule has 1 heteroatoms. The summed E-state index contributed by atoms with van der Waals surface area (Å²) in [4.78, 5) is 0. The first kappa shape index (κ1) is 18.0. The first-order valence-corrected chi connectivity index (χ1v) is 9.44. The smallest absolute Gasteiger partial charge is 0.00178 e. The van der Waals surface area contributed by atoms with Crippen molar-refractivity contribution in [3.05, 3.63) is 0 Å². The summed E-state index contributed by atoms with van der Waals surface area (Å²) in [5.41, 5.74) is 0. The maximum absolute atomic E-state index is 3.72. The summed E-state index contributed by atoms with van der Waals surface area (Å²) < 4.78 is 0. The summed E-state index contributed by atoms with van der Waals surface area (Å²) in [6, 6.07) is 0. The van der Waals surface area contributed by atoms with Gasteiger partial charge < -0.3 is 5.32 Å². The van der Waals surface area contributed by atoms with Crippen molar-refractivity contribution in [2.75, 3.05) is 13.1 Å². The van der Waals surface area contributed by atoms with E-state index >= 15 is 0 Å². The zero-order valence-electron chi connectivity index (χ0n) is 14.4. The van der Waals surface area contributed by atoms with Gasteiger partial charge in [-0.2, -0.15) is 0 Å². The van der Waals surface area contributed by atoms with E-state index in [0.29, 0.717) is 0 Å². The maximum Gasteiger partial charge on any atom is -0.00178 e. The Bertz CT molecular complexity index is 212. The molecule has 0 aromatic rings. The third-order valence-corrected chi connectivity index (χ3v) is 4.95. The number of rotatable bonds is 10. The van der Waals surface area contributed by atoms with Gasteiger partial charge in [0.15, 0.2) is 0 Å². The summed E-state index contributed by atoms with van der Waals surface area (Å²) in [5.74, 6) is 2.76. The summed E-state index contributed by atoms with van der Waals surface area (Å²) in [6.07, 6.45) is 16.1. The summed E-state index contributed by atoms with van der Waals surface area (Å²) in [5, 5.41) is 3.72. The molecule has 1 aliphatic carbocycles. The van der Waals surface area contributed by atoms with Crippen molar-refractivity contribution >= 4 is 0 Å². The SMILES string of the molecule is CCCCCCCC1CCCCCC1CNCC(C)C. The molecule has 2 atom stereocenters. The van der Waals surface area contributed by atoms with E-state index in [-0.39, 0.29) is 0 Å². The molecule has 0 heterocycles. The van der Waals surface area contributed by atoms with Crippen molar-refractivity contribution in [3.8, 4) is 0 Å². The van der Waals surface area contributed by atoms with Crippen LogP contribution in [0.5, 0.6) is 0 Å². The largest absolute Gasteiger partial charge is 0.316 e. The Balaban J connectivity index is 2.25. The van der Waals surface area contributed by atoms with Crippen LogP contribution in [0.2, 0.25) is 0 Å². The highest BCUT2D eigenvalue weighted by Gasteiger charge is 2.22. The van der Waals surface area contributed by atoms with Crippen LogP contribution in [0, 0.1) is 17.8 Å². The van der Waals surface area contributed by atoms with E-state index in [0.717, 1.165) is 17.8 Å². The van der Waals surface area contributed by atoms with Crippen LogP contribution in [0.25, 0.3) is 0 Å². The van der Waals surface area contributed by atoms with Crippen molar-refractivity contribution in [2.45, 2.75) is 91.4 Å². The van der Waals surface area contributed by atoms with Crippen LogP contribution in [0.4, 0.5) is 0 Å². The van der Waals surface area contributed by atoms with Crippen molar-refractivity contribution < 1.29 is 0 Å². The molecule has 0 spiro atoms. The molecule has 1 rings (SSSR count). The van der Waals surface area contributed by atoms with Crippen molar-refractivity contribution in [2.24, 2.45) is 17.8 Å². The van der Waals surface area contributed by atoms with Gasteiger partial charge in [0.2, 0.25) is 0 Å². The van der Waals surface area contributed by atoms with Gasteiger partial charge in [0, 0.05) is 0 Å². The molecular weight excluding hydrogens is 242 g/mol. The zero-order valence-corrected chi connectivity index (χ0v) is 14.4. The normalized spacial score (nSPS) is 24.0. The Kier molecular flexibility index (Phi) is 10.4. The van der Waals surface area contributed by atoms with Crippen LogP contribution >= 0.6 is 0 Å². The van der Waals surface area contributed by atoms with Gasteiger partial charge in [-0.1, -0.05) is 85.0 Å². The third-order valence-electron chi connectivity index (χ3n) is 4.95. The van der Waals surface area contributed by atoms with Gasteiger partial charge in [-0.05, 0) is 37.3 Å². The molecule has 120 valence electrons. The van der Waals surface area contributed by atoms with Crippen molar-refractivity contribution in [3.63, 3.8) is 0 Å². The average Bonchev–Trinajstić information content (AvgIpc) is 2.64. The molecule has 1 N–H and O–H groups in total. The Morgan fingerprint density at radius 1 is 0.900 bits per heavy atom. The number of hydrogen-bond acceptors (Lipinski definition) is 1. The molecule has 0 amide bonds. The van der Waals surface area contributed by atoms with E-state index in [1.807, 2.05) is 0 Å². The second kappa shape index (κ2) is 11.6. The molecule has 0 aromatic heterocycles. The standard InChI is InChI=1S/C19H39N/c1-4-5-6-7-9-12-18-13-10-8-11-14-19(18)16-20-15-17(2)3/h17-20H,4-16H2,1-3H3. The minimum Gasteiger partial charge on any atom is -0.316 e. The molecule has 0 aromatic carbocycles. The van der Waals surface area contributed by atoms with E-state index in [1.54, 1.807) is 0 Å². The van der Waals surface area contributed by atoms with E-state index < -0.39 is 0 Å². The van der Waals surface area contributed by atoms with Crippen LogP contribution in [-0.2, 0) is 0 Å². The Morgan fingerprint density at radius 3 is 2.30 bits per heavy atom. The van der Waals surface area contributed by atoms with E-state index in [4.69, 9.17) is 0 Å². The van der Waals surface area contributed by atoms with E-state index in [9.17, 15) is 0 Å². The maximum atomic E-state index is 3.72. The van der Waals surface area contributed by atoms with Crippen LogP contribution in [0.1, 0.15) is 91.4 Å². The monoisotopic (exact) mass is 281 g/mol. The highest BCUT2D eigenvalue weighted by atomic mass is 14.9. The van der Waals surface area contributed by atoms with Crippen LogP contribution in [0.3, 0.4) is 0 Å². The molecule has 0 aliphatic heterocycles. The fraction of sp³-hybridized carbons (Fsp3) is 1.00. The molecule has 1 nitrogen and oxygen atoms in total. The molecular formula is C19H39N.